The smallest absolute Gasteiger partial charge is 0.430 e. The lowest BCUT2D eigenvalue weighted by Gasteiger charge is -2.50. The second kappa shape index (κ2) is 17.0. The molecule has 0 aliphatic carbocycles. The molecule has 20 nitrogen and oxygen atoms in total. The number of hydrogen-bond donors (Lipinski definition) is 5. The number of halogens is 3. The van der Waals surface area contributed by atoms with Gasteiger partial charge in [-0.2, -0.15) is 31.3 Å². The van der Waals surface area contributed by atoms with Crippen molar-refractivity contribution in [3.05, 3.63) is 47.6 Å². The van der Waals surface area contributed by atoms with E-state index in [2.05, 4.69) is 19.7 Å². The fourth-order valence-electron chi connectivity index (χ4n) is 4.44. The summed E-state index contributed by atoms with van der Waals surface area (Å²) in [6.07, 6.45) is -4.08. The number of anilines is 1. The van der Waals surface area contributed by atoms with Crippen LogP contribution in [0.15, 0.2) is 47.1 Å². The topological polar surface area (TPSA) is 295 Å². The number of aliphatic carboxylic acids is 2. The molecule has 0 saturated carbocycles. The number of oxime groups is 1. The molecule has 1 fully saturated rings. The van der Waals surface area contributed by atoms with E-state index in [1.807, 2.05) is 40.8 Å². The Morgan fingerprint density at radius 2 is 1.85 bits per heavy atom. The summed E-state index contributed by atoms with van der Waals surface area (Å²) >= 11 is 0.961. The highest BCUT2D eigenvalue weighted by Crippen LogP contribution is 2.33. The zero-order valence-electron chi connectivity index (χ0n) is 27.8. The number of nitrogen functional groups attached to an aromatic ring is 1. The number of carboxylic acids is 2. The highest BCUT2D eigenvalue weighted by molar-refractivity contribution is 7.80. The van der Waals surface area contributed by atoms with E-state index in [-0.39, 0.29) is 10.8 Å². The average Bonchev–Trinajstić information content (AvgIpc) is 3.66. The lowest BCUT2D eigenvalue weighted by atomic mass is 9.84. The summed E-state index contributed by atoms with van der Waals surface area (Å²) in [5.41, 5.74) is 11.1. The number of ether oxygens (including phenoxy) is 1. The Kier molecular flexibility index (Phi) is 13.5. The fourth-order valence-corrected chi connectivity index (χ4v) is 5.44. The van der Waals surface area contributed by atoms with Crippen molar-refractivity contribution in [2.45, 2.75) is 50.7 Å². The van der Waals surface area contributed by atoms with Gasteiger partial charge in [-0.3, -0.25) is 14.1 Å². The summed E-state index contributed by atoms with van der Waals surface area (Å²) in [7, 11) is -3.09. The predicted octanol–water partition coefficient (Wildman–Crippen LogP) is -1.24. The lowest BCUT2D eigenvalue weighted by Crippen LogP contribution is -2.76. The summed E-state index contributed by atoms with van der Waals surface area (Å²) in [5.74, 6) is -6.12. The van der Waals surface area contributed by atoms with Crippen LogP contribution >= 0.6 is 11.3 Å². The first-order valence-corrected chi connectivity index (χ1v) is 17.1. The van der Waals surface area contributed by atoms with Crippen LogP contribution < -0.4 is 31.3 Å². The van der Waals surface area contributed by atoms with E-state index >= 15 is 0 Å². The number of nitrogens with one attached hydrogen (secondary N) is 1. The normalized spacial score (nSPS) is 16.2. The van der Waals surface area contributed by atoms with Crippen LogP contribution in [-0.4, -0.2) is 99.3 Å². The molecule has 2 aromatic heterocycles. The molecule has 3 aromatic rings. The van der Waals surface area contributed by atoms with Gasteiger partial charge in [-0.15, -0.1) is 20.3 Å². The number of amides is 2. The minimum Gasteiger partial charge on any atom is -0.542 e. The van der Waals surface area contributed by atoms with Crippen LogP contribution in [0.3, 0.4) is 0 Å². The minimum atomic E-state index is -5.19. The first-order valence-electron chi connectivity index (χ1n) is 14.8. The number of nitrogens with two attached hydrogens (primary N) is 2. The van der Waals surface area contributed by atoms with Crippen molar-refractivity contribution < 1.29 is 74.1 Å². The van der Waals surface area contributed by atoms with E-state index in [1.54, 1.807) is 12.1 Å². The van der Waals surface area contributed by atoms with E-state index in [1.165, 1.54) is 19.2 Å². The number of nitrogens with zero attached hydrogens (tertiary/aromatic N) is 5. The van der Waals surface area contributed by atoms with Crippen LogP contribution in [0.25, 0.3) is 11.3 Å². The first kappa shape index (κ1) is 42.0. The van der Waals surface area contributed by atoms with Gasteiger partial charge in [0, 0.05) is 17.0 Å². The number of aromatic nitrogens is 3. The minimum absolute atomic E-state index is 0.0607. The van der Waals surface area contributed by atoms with Crippen molar-refractivity contribution in [3.63, 3.8) is 0 Å². The number of carbonyl (C=O) groups excluding carboxylic acids is 3. The number of carbonyl (C=O) groups is 4. The number of carboxylic acid groups (broad SMARTS) is 2. The molecule has 1 aliphatic heterocycles. The summed E-state index contributed by atoms with van der Waals surface area (Å²) in [5, 5.41) is 26.4. The number of aryl methyl sites for hydroxylation is 1. The number of benzene rings is 1. The van der Waals surface area contributed by atoms with Crippen molar-refractivity contribution in [2.75, 3.05) is 18.9 Å². The summed E-state index contributed by atoms with van der Waals surface area (Å²) in [6.45, 7) is 3.58. The molecule has 25 heteroatoms. The van der Waals surface area contributed by atoms with E-state index in [4.69, 9.17) is 35.5 Å². The molecule has 7 N–H and O–H groups in total. The molecule has 0 bridgehead atoms. The number of thiazole rings is 1. The predicted molar refractivity (Wildman–Crippen MR) is 172 cm³/mol. The third-order valence-corrected chi connectivity index (χ3v) is 8.17. The molecule has 1 saturated heterocycles. The second-order valence-corrected chi connectivity index (χ2v) is 13.2. The molecule has 2 atom stereocenters. The van der Waals surface area contributed by atoms with Gasteiger partial charge in [0.2, 0.25) is 5.69 Å². The zero-order valence-corrected chi connectivity index (χ0v) is 29.5. The maximum absolute atomic E-state index is 13.2. The Morgan fingerprint density at radius 1 is 1.23 bits per heavy atom. The number of hydrogen-bond acceptors (Lipinski definition) is 15. The van der Waals surface area contributed by atoms with Crippen LogP contribution in [0.5, 0.6) is 5.75 Å². The fraction of sp³-hybridized carbons (Fsp3) is 0.393. The third-order valence-electron chi connectivity index (χ3n) is 7.16. The SMILES string of the molecule is C[n+]1c(-c2ccc(OCC(O/N=C(\C(=O)N[C@@H]3C(=O)N(OS(=O)(=O)O)C3(C)C)c3csc(N)n3)C(=O)O)cc2)ccn1CCCN.O=C([O-])C(F)(F)F. The van der Waals surface area contributed by atoms with Crippen LogP contribution in [0.1, 0.15) is 26.0 Å². The average molecular weight is 795 g/mol. The molecule has 3 heterocycles. The second-order valence-electron chi connectivity index (χ2n) is 11.3. The standard InChI is InChI=1S/C26H32N8O10S2.C2HF3O2/c1-26(2)21(23(36)34(26)44-46(39,40)41)30-22(35)20(17-14-45-25(28)29-17)31-43-19(24(37)38)13-42-16-7-5-15(6-8-16)18-9-12-33(32(18)3)11-4-10-27;3-2(4,5)1(6)7/h5-9,12,14,19,21H,4,10-11,13,27H2,1-3H3,(H4-,28,29,30,35,37,38,39,40,41);(H,6,7)/b31-20-;/t19?,21-;/m1./s1. The Morgan fingerprint density at radius 3 is 2.34 bits per heavy atom. The molecule has 4 rings (SSSR count). The number of β-lactam (4-membered cyclic amide) rings is 1. The molecule has 1 aromatic carbocycles. The van der Waals surface area contributed by atoms with Crippen molar-refractivity contribution in [1.82, 2.24) is 20.0 Å². The molecule has 0 radical (unpaired) electrons. The Hall–Kier alpha value is -5.37. The van der Waals surface area contributed by atoms with Gasteiger partial charge in [0.25, 0.3) is 17.9 Å². The van der Waals surface area contributed by atoms with Gasteiger partial charge in [0.1, 0.15) is 30.1 Å². The van der Waals surface area contributed by atoms with E-state index in [9.17, 15) is 41.1 Å². The molecule has 290 valence electrons. The van der Waals surface area contributed by atoms with Crippen molar-refractivity contribution in [3.8, 4) is 17.0 Å². The van der Waals surface area contributed by atoms with Gasteiger partial charge in [0.15, 0.2) is 17.9 Å². The van der Waals surface area contributed by atoms with Crippen molar-refractivity contribution in [1.29, 1.82) is 0 Å². The Balaban J connectivity index is 0.000000980. The summed E-state index contributed by atoms with van der Waals surface area (Å²) in [4.78, 5) is 55.6. The van der Waals surface area contributed by atoms with Crippen LogP contribution in [-0.2, 0) is 52.3 Å². The Labute approximate surface area is 302 Å². The maximum Gasteiger partial charge on any atom is 0.430 e. The maximum atomic E-state index is 13.2. The van der Waals surface area contributed by atoms with Gasteiger partial charge in [-0.25, -0.2) is 9.78 Å². The third kappa shape index (κ3) is 11.1. The van der Waals surface area contributed by atoms with Gasteiger partial charge in [0.05, 0.1) is 18.3 Å². The van der Waals surface area contributed by atoms with Gasteiger partial charge >= 0.3 is 22.5 Å². The van der Waals surface area contributed by atoms with Crippen LogP contribution in [0.2, 0.25) is 0 Å². The van der Waals surface area contributed by atoms with Crippen molar-refractivity contribution >= 4 is 56.3 Å². The van der Waals surface area contributed by atoms with E-state index < -0.39 is 70.3 Å². The lowest BCUT2D eigenvalue weighted by molar-refractivity contribution is -0.743. The highest BCUT2D eigenvalue weighted by Gasteiger charge is 2.58. The Bertz CT molecular complexity index is 1950. The summed E-state index contributed by atoms with van der Waals surface area (Å²) in [6, 6.07) is 7.60. The molecule has 53 heavy (non-hydrogen) atoms. The van der Waals surface area contributed by atoms with Gasteiger partial charge in [-0.1, -0.05) is 5.16 Å². The summed E-state index contributed by atoms with van der Waals surface area (Å²) < 4.78 is 76.6. The van der Waals surface area contributed by atoms with Gasteiger partial charge < -0.3 is 41.4 Å². The molecule has 0 spiro atoms. The molecular weight excluding hydrogens is 761 g/mol. The molecule has 1 aliphatic rings. The largest absolute Gasteiger partial charge is 0.542 e. The van der Waals surface area contributed by atoms with E-state index in [0.717, 1.165) is 35.6 Å². The number of hydroxylamine groups is 2. The van der Waals surface area contributed by atoms with Crippen molar-refractivity contribution in [2.24, 2.45) is 17.9 Å². The zero-order chi connectivity index (χ0) is 39.9. The monoisotopic (exact) mass is 794 g/mol. The molecule has 1 unspecified atom stereocenters. The quantitative estimate of drug-likeness (QED) is 0.0395. The molecule has 2 amide bonds. The molecular formula is C28H33F3N8O12S2. The van der Waals surface area contributed by atoms with Crippen LogP contribution in [0, 0.1) is 0 Å². The first-order chi connectivity index (χ1) is 24.6. The number of alkyl halides is 3. The highest BCUT2D eigenvalue weighted by atomic mass is 32.3. The van der Waals surface area contributed by atoms with Gasteiger partial charge in [-0.05, 0) is 51.1 Å². The number of rotatable bonds is 15. The van der Waals surface area contributed by atoms with Crippen LogP contribution in [0.4, 0.5) is 18.3 Å². The van der Waals surface area contributed by atoms with E-state index in [0.29, 0.717) is 17.4 Å².